The molecule has 5 heteroatoms. The summed E-state index contributed by atoms with van der Waals surface area (Å²) in [6.07, 6.45) is 0.978. The largest absolute Gasteiger partial charge is 0.344 e. The minimum absolute atomic E-state index is 0.135. The highest BCUT2D eigenvalue weighted by atomic mass is 16.2. The van der Waals surface area contributed by atoms with Crippen LogP contribution in [0.2, 0.25) is 0 Å². The Hall–Kier alpha value is -3.21. The third-order valence-electron chi connectivity index (χ3n) is 4.97. The molecule has 2 aromatic carbocycles. The average molecular weight is 389 g/mol. The Morgan fingerprint density at radius 3 is 2.28 bits per heavy atom. The number of nitrogens with zero attached hydrogens (tertiary/aromatic N) is 2. The first-order chi connectivity index (χ1) is 14.0. The van der Waals surface area contributed by atoms with Crippen molar-refractivity contribution in [3.05, 3.63) is 99.5 Å². The van der Waals surface area contributed by atoms with E-state index in [1.54, 1.807) is 0 Å². The molecule has 0 radical (unpaired) electrons. The number of carbonyl (C=O) groups is 1. The predicted molar refractivity (Wildman–Crippen MR) is 115 cm³/mol. The van der Waals surface area contributed by atoms with Gasteiger partial charge in [0.15, 0.2) is 0 Å². The number of carbonyl (C=O) groups excluding carboxylic acids is 1. The molecule has 0 aliphatic rings. The van der Waals surface area contributed by atoms with E-state index in [4.69, 9.17) is 0 Å². The van der Waals surface area contributed by atoms with Gasteiger partial charge in [0.2, 0.25) is 0 Å². The van der Waals surface area contributed by atoms with E-state index < -0.39 is 0 Å². The lowest BCUT2D eigenvalue weighted by molar-refractivity contribution is 0.0918. The van der Waals surface area contributed by atoms with Crippen molar-refractivity contribution < 1.29 is 4.79 Å². The standard InChI is InChI=1S/C24H27N3O2/c1-4-18-10-12-20(13-11-18)23(17(2)3)25-24(29)21-14-15-22(28)27(26-21)16-19-8-6-5-7-9-19/h5-15,17,23H,4,16H2,1-3H3,(H,25,29). The summed E-state index contributed by atoms with van der Waals surface area (Å²) in [6.45, 7) is 6.59. The van der Waals surface area contributed by atoms with Gasteiger partial charge in [-0.15, -0.1) is 0 Å². The Kier molecular flexibility index (Phi) is 6.60. The van der Waals surface area contributed by atoms with Crippen LogP contribution < -0.4 is 10.9 Å². The van der Waals surface area contributed by atoms with Gasteiger partial charge in [-0.05, 0) is 35.1 Å². The lowest BCUT2D eigenvalue weighted by Crippen LogP contribution is -2.34. The maximum absolute atomic E-state index is 12.9. The van der Waals surface area contributed by atoms with Gasteiger partial charge >= 0.3 is 0 Å². The summed E-state index contributed by atoms with van der Waals surface area (Å²) >= 11 is 0. The van der Waals surface area contributed by atoms with Crippen LogP contribution >= 0.6 is 0 Å². The molecule has 1 unspecified atom stereocenters. The summed E-state index contributed by atoms with van der Waals surface area (Å²) in [7, 11) is 0. The first-order valence-electron chi connectivity index (χ1n) is 9.99. The van der Waals surface area contributed by atoms with Gasteiger partial charge in [0.05, 0.1) is 12.6 Å². The van der Waals surface area contributed by atoms with Crippen molar-refractivity contribution in [2.45, 2.75) is 39.8 Å². The first-order valence-corrected chi connectivity index (χ1v) is 9.99. The smallest absolute Gasteiger partial charge is 0.272 e. The molecule has 1 aromatic heterocycles. The molecule has 3 rings (SSSR count). The third kappa shape index (κ3) is 5.19. The van der Waals surface area contributed by atoms with Crippen molar-refractivity contribution in [1.29, 1.82) is 0 Å². The van der Waals surface area contributed by atoms with Crippen molar-refractivity contribution in [3.8, 4) is 0 Å². The second-order valence-electron chi connectivity index (χ2n) is 7.49. The van der Waals surface area contributed by atoms with Gasteiger partial charge in [-0.2, -0.15) is 5.10 Å². The van der Waals surface area contributed by atoms with Crippen LogP contribution in [0.5, 0.6) is 0 Å². The van der Waals surface area contributed by atoms with Gasteiger partial charge in [0, 0.05) is 6.07 Å². The van der Waals surface area contributed by atoms with E-state index in [1.165, 1.54) is 22.4 Å². The zero-order chi connectivity index (χ0) is 20.8. The summed E-state index contributed by atoms with van der Waals surface area (Å²) in [5.74, 6) is -0.0771. The van der Waals surface area contributed by atoms with Gasteiger partial charge in [-0.25, -0.2) is 4.68 Å². The van der Waals surface area contributed by atoms with Gasteiger partial charge in [0.25, 0.3) is 11.5 Å². The minimum atomic E-state index is -0.287. The van der Waals surface area contributed by atoms with Crippen molar-refractivity contribution in [2.24, 2.45) is 5.92 Å². The SMILES string of the molecule is CCc1ccc(C(NC(=O)c2ccc(=O)n(Cc3ccccc3)n2)C(C)C)cc1. The number of aryl methyl sites for hydroxylation is 1. The van der Waals surface area contributed by atoms with E-state index in [2.05, 4.69) is 55.5 Å². The highest BCUT2D eigenvalue weighted by molar-refractivity contribution is 5.92. The zero-order valence-electron chi connectivity index (χ0n) is 17.1. The van der Waals surface area contributed by atoms with Crippen LogP contribution in [0.15, 0.2) is 71.5 Å². The van der Waals surface area contributed by atoms with Gasteiger partial charge in [0.1, 0.15) is 5.69 Å². The number of amides is 1. The highest BCUT2D eigenvalue weighted by Crippen LogP contribution is 2.22. The number of hydrogen-bond donors (Lipinski definition) is 1. The van der Waals surface area contributed by atoms with E-state index in [0.717, 1.165) is 17.5 Å². The summed E-state index contributed by atoms with van der Waals surface area (Å²) in [5, 5.41) is 7.37. The lowest BCUT2D eigenvalue weighted by Gasteiger charge is -2.23. The maximum Gasteiger partial charge on any atom is 0.272 e. The van der Waals surface area contributed by atoms with E-state index in [0.29, 0.717) is 6.54 Å². The Morgan fingerprint density at radius 1 is 0.966 bits per heavy atom. The normalized spacial score (nSPS) is 12.0. The third-order valence-corrected chi connectivity index (χ3v) is 4.97. The Morgan fingerprint density at radius 2 is 1.66 bits per heavy atom. The number of rotatable bonds is 7. The van der Waals surface area contributed by atoms with Crippen molar-refractivity contribution in [2.75, 3.05) is 0 Å². The molecule has 29 heavy (non-hydrogen) atoms. The zero-order valence-corrected chi connectivity index (χ0v) is 17.1. The molecule has 0 bridgehead atoms. The molecule has 0 saturated carbocycles. The summed E-state index contributed by atoms with van der Waals surface area (Å²) < 4.78 is 1.32. The summed E-state index contributed by atoms with van der Waals surface area (Å²) in [6, 6.07) is 20.6. The average Bonchev–Trinajstić information content (AvgIpc) is 2.74. The highest BCUT2D eigenvalue weighted by Gasteiger charge is 2.20. The Balaban J connectivity index is 1.81. The molecule has 5 nitrogen and oxygen atoms in total. The van der Waals surface area contributed by atoms with Crippen LogP contribution in [0.4, 0.5) is 0 Å². The topological polar surface area (TPSA) is 64.0 Å². The minimum Gasteiger partial charge on any atom is -0.344 e. The van der Waals surface area contributed by atoms with Crippen molar-refractivity contribution in [3.63, 3.8) is 0 Å². The number of benzene rings is 2. The molecule has 1 N–H and O–H groups in total. The molecule has 0 fully saturated rings. The lowest BCUT2D eigenvalue weighted by atomic mass is 9.94. The second-order valence-corrected chi connectivity index (χ2v) is 7.49. The quantitative estimate of drug-likeness (QED) is 0.665. The Bertz CT molecular complexity index is 1010. The number of nitrogens with one attached hydrogen (secondary N) is 1. The predicted octanol–water partition coefficient (Wildman–Crippen LogP) is 3.98. The monoisotopic (exact) mass is 389 g/mol. The number of aromatic nitrogens is 2. The second kappa shape index (κ2) is 9.32. The molecule has 1 amide bonds. The molecule has 0 saturated heterocycles. The van der Waals surface area contributed by atoms with E-state index in [9.17, 15) is 9.59 Å². The molecule has 1 heterocycles. The van der Waals surface area contributed by atoms with Gasteiger partial charge < -0.3 is 5.32 Å². The van der Waals surface area contributed by atoms with Crippen molar-refractivity contribution >= 4 is 5.91 Å². The van der Waals surface area contributed by atoms with Crippen LogP contribution in [-0.4, -0.2) is 15.7 Å². The van der Waals surface area contributed by atoms with Crippen LogP contribution in [0.3, 0.4) is 0 Å². The van der Waals surface area contributed by atoms with Crippen LogP contribution in [-0.2, 0) is 13.0 Å². The summed E-state index contributed by atoms with van der Waals surface area (Å²) in [4.78, 5) is 25.1. The van der Waals surface area contributed by atoms with Crippen LogP contribution in [0.1, 0.15) is 54.0 Å². The van der Waals surface area contributed by atoms with E-state index in [1.807, 2.05) is 30.3 Å². The fraction of sp³-hybridized carbons (Fsp3) is 0.292. The van der Waals surface area contributed by atoms with E-state index >= 15 is 0 Å². The van der Waals surface area contributed by atoms with E-state index in [-0.39, 0.29) is 29.1 Å². The maximum atomic E-state index is 12.9. The van der Waals surface area contributed by atoms with Gasteiger partial charge in [-0.1, -0.05) is 75.4 Å². The fourth-order valence-corrected chi connectivity index (χ4v) is 3.25. The Labute approximate surface area is 171 Å². The molecule has 0 aliphatic heterocycles. The molecular formula is C24H27N3O2. The first kappa shape index (κ1) is 20.5. The molecule has 0 aliphatic carbocycles. The number of hydrogen-bond acceptors (Lipinski definition) is 3. The van der Waals surface area contributed by atoms with Crippen LogP contribution in [0, 0.1) is 5.92 Å². The molecule has 3 aromatic rings. The molecule has 1 atom stereocenters. The van der Waals surface area contributed by atoms with Crippen LogP contribution in [0.25, 0.3) is 0 Å². The fourth-order valence-electron chi connectivity index (χ4n) is 3.25. The summed E-state index contributed by atoms with van der Waals surface area (Å²) in [5.41, 5.74) is 3.27. The molecular weight excluding hydrogens is 362 g/mol. The molecule has 150 valence electrons. The van der Waals surface area contributed by atoms with Crippen molar-refractivity contribution in [1.82, 2.24) is 15.1 Å². The van der Waals surface area contributed by atoms with Gasteiger partial charge in [-0.3, -0.25) is 9.59 Å². The molecule has 0 spiro atoms.